The van der Waals surface area contributed by atoms with Crippen LogP contribution in [-0.2, 0) is 11.3 Å². The lowest BCUT2D eigenvalue weighted by Gasteiger charge is -2.28. The predicted molar refractivity (Wildman–Crippen MR) is 107 cm³/mol. The van der Waals surface area contributed by atoms with Crippen molar-refractivity contribution in [1.29, 1.82) is 0 Å². The summed E-state index contributed by atoms with van der Waals surface area (Å²) in [6.07, 6.45) is 0.635. The molecule has 25 heavy (non-hydrogen) atoms. The first-order valence-corrected chi connectivity index (χ1v) is 9.49. The Hall–Kier alpha value is -1.89. The Morgan fingerprint density at radius 1 is 1.16 bits per heavy atom. The van der Waals surface area contributed by atoms with Crippen LogP contribution in [0, 0.1) is 9.49 Å². The maximum absolute atomic E-state index is 12.9. The summed E-state index contributed by atoms with van der Waals surface area (Å²) in [5.41, 5.74) is 2.45. The van der Waals surface area contributed by atoms with Gasteiger partial charge >= 0.3 is 0 Å². The minimum Gasteiger partial charge on any atom is -0.324 e. The SMILES string of the molecule is CC(C)C[C@H](C(=O)Nc1ccc(I)cc1)N1Cc2ccccc2C1=O. The minimum absolute atomic E-state index is 0.0565. The molecule has 2 aromatic carbocycles. The molecule has 1 aliphatic rings. The van der Waals surface area contributed by atoms with Gasteiger partial charge in [-0.05, 0) is 70.8 Å². The summed E-state index contributed by atoms with van der Waals surface area (Å²) in [5, 5.41) is 2.96. The van der Waals surface area contributed by atoms with E-state index in [4.69, 9.17) is 0 Å². The van der Waals surface area contributed by atoms with Crippen molar-refractivity contribution in [2.24, 2.45) is 5.92 Å². The van der Waals surface area contributed by atoms with Crippen molar-refractivity contribution in [3.8, 4) is 0 Å². The van der Waals surface area contributed by atoms with Gasteiger partial charge in [-0.25, -0.2) is 0 Å². The number of anilines is 1. The van der Waals surface area contributed by atoms with E-state index in [1.54, 1.807) is 4.90 Å². The van der Waals surface area contributed by atoms with Crippen molar-refractivity contribution in [2.45, 2.75) is 32.9 Å². The Morgan fingerprint density at radius 2 is 1.84 bits per heavy atom. The van der Waals surface area contributed by atoms with Gasteiger partial charge in [-0.15, -0.1) is 0 Å². The molecule has 0 saturated heterocycles. The Kier molecular flexibility index (Phi) is 5.42. The molecular formula is C20H21IN2O2. The Labute approximate surface area is 161 Å². The Morgan fingerprint density at radius 3 is 2.48 bits per heavy atom. The minimum atomic E-state index is -0.473. The van der Waals surface area contributed by atoms with E-state index in [2.05, 4.69) is 41.8 Å². The van der Waals surface area contributed by atoms with E-state index in [0.717, 1.165) is 14.8 Å². The summed E-state index contributed by atoms with van der Waals surface area (Å²) < 4.78 is 1.11. The fourth-order valence-electron chi connectivity index (χ4n) is 3.11. The Balaban J connectivity index is 1.81. The maximum atomic E-state index is 12.9. The van der Waals surface area contributed by atoms with Gasteiger partial charge in [0.15, 0.2) is 0 Å². The highest BCUT2D eigenvalue weighted by atomic mass is 127. The van der Waals surface area contributed by atoms with Gasteiger partial charge < -0.3 is 10.2 Å². The van der Waals surface area contributed by atoms with Crippen LogP contribution in [0.2, 0.25) is 0 Å². The van der Waals surface area contributed by atoms with Crippen LogP contribution in [0.4, 0.5) is 5.69 Å². The second-order valence-corrected chi connectivity index (χ2v) is 7.98. The lowest BCUT2D eigenvalue weighted by atomic mass is 10.0. The molecule has 130 valence electrons. The zero-order valence-electron chi connectivity index (χ0n) is 14.3. The molecule has 0 radical (unpaired) electrons. The summed E-state index contributed by atoms with van der Waals surface area (Å²) >= 11 is 2.23. The first kappa shape index (κ1) is 17.9. The third-order valence-corrected chi connectivity index (χ3v) is 5.05. The number of hydrogen-bond donors (Lipinski definition) is 1. The highest BCUT2D eigenvalue weighted by molar-refractivity contribution is 14.1. The molecule has 2 amide bonds. The lowest BCUT2D eigenvalue weighted by Crippen LogP contribution is -2.45. The third kappa shape index (κ3) is 4.03. The normalized spacial score (nSPS) is 14.6. The number of halogens is 1. The van der Waals surface area contributed by atoms with Gasteiger partial charge in [-0.2, -0.15) is 0 Å². The third-order valence-electron chi connectivity index (χ3n) is 4.33. The number of fused-ring (bicyclic) bond motifs is 1. The number of nitrogens with zero attached hydrogens (tertiary/aromatic N) is 1. The molecular weight excluding hydrogens is 427 g/mol. The van der Waals surface area contributed by atoms with Gasteiger partial charge in [-0.1, -0.05) is 32.0 Å². The van der Waals surface area contributed by atoms with Crippen molar-refractivity contribution in [3.63, 3.8) is 0 Å². The van der Waals surface area contributed by atoms with Gasteiger partial charge in [-0.3, -0.25) is 9.59 Å². The van der Waals surface area contributed by atoms with Crippen molar-refractivity contribution >= 4 is 40.1 Å². The van der Waals surface area contributed by atoms with E-state index >= 15 is 0 Å². The van der Waals surface area contributed by atoms with Gasteiger partial charge in [0.25, 0.3) is 5.91 Å². The highest BCUT2D eigenvalue weighted by Gasteiger charge is 2.36. The standard InChI is InChI=1S/C20H21IN2O2/c1-13(2)11-18(19(24)22-16-9-7-15(21)8-10-16)23-12-14-5-3-4-6-17(14)20(23)25/h3-10,13,18H,11-12H2,1-2H3,(H,22,24)/t18-/m1/s1. The molecule has 0 bridgehead atoms. The fourth-order valence-corrected chi connectivity index (χ4v) is 3.47. The number of nitrogens with one attached hydrogen (secondary N) is 1. The van der Waals surface area contributed by atoms with Gasteiger partial charge in [0.2, 0.25) is 5.91 Å². The topological polar surface area (TPSA) is 49.4 Å². The largest absolute Gasteiger partial charge is 0.324 e. The summed E-state index contributed by atoms with van der Waals surface area (Å²) in [5.74, 6) is 0.124. The molecule has 0 unspecified atom stereocenters. The number of rotatable bonds is 5. The predicted octanol–water partition coefficient (Wildman–Crippen LogP) is 4.30. The van der Waals surface area contributed by atoms with Crippen molar-refractivity contribution < 1.29 is 9.59 Å². The molecule has 5 heteroatoms. The second-order valence-electron chi connectivity index (χ2n) is 6.73. The van der Waals surface area contributed by atoms with Crippen LogP contribution in [0.3, 0.4) is 0 Å². The first-order chi connectivity index (χ1) is 12.0. The molecule has 0 aromatic heterocycles. The monoisotopic (exact) mass is 448 g/mol. The smallest absolute Gasteiger partial charge is 0.255 e. The quantitative estimate of drug-likeness (QED) is 0.694. The van der Waals surface area contributed by atoms with E-state index < -0.39 is 6.04 Å². The molecule has 1 atom stereocenters. The molecule has 0 saturated carbocycles. The van der Waals surface area contributed by atoms with Crippen molar-refractivity contribution in [3.05, 3.63) is 63.2 Å². The first-order valence-electron chi connectivity index (χ1n) is 8.41. The average molecular weight is 448 g/mol. The molecule has 0 spiro atoms. The summed E-state index contributed by atoms with van der Waals surface area (Å²) in [6.45, 7) is 4.63. The molecule has 1 aliphatic heterocycles. The van der Waals surface area contributed by atoms with Crippen LogP contribution in [0.1, 0.15) is 36.2 Å². The van der Waals surface area contributed by atoms with E-state index in [1.807, 2.05) is 48.5 Å². The molecule has 2 aromatic rings. The molecule has 4 nitrogen and oxygen atoms in total. The van der Waals surface area contributed by atoms with Crippen LogP contribution in [0.15, 0.2) is 48.5 Å². The van der Waals surface area contributed by atoms with E-state index in [0.29, 0.717) is 24.4 Å². The van der Waals surface area contributed by atoms with Gasteiger partial charge in [0, 0.05) is 21.4 Å². The van der Waals surface area contributed by atoms with Crippen molar-refractivity contribution in [1.82, 2.24) is 4.90 Å². The molecule has 0 fully saturated rings. The van der Waals surface area contributed by atoms with E-state index in [1.165, 1.54) is 0 Å². The average Bonchev–Trinajstić information content (AvgIpc) is 2.91. The Bertz CT molecular complexity index is 787. The number of carbonyl (C=O) groups excluding carboxylic acids is 2. The van der Waals surface area contributed by atoms with Crippen LogP contribution in [-0.4, -0.2) is 22.8 Å². The summed E-state index contributed by atoms with van der Waals surface area (Å²) in [4.78, 5) is 27.4. The molecule has 0 aliphatic carbocycles. The molecule has 1 heterocycles. The zero-order chi connectivity index (χ0) is 18.0. The lowest BCUT2D eigenvalue weighted by molar-refractivity contribution is -0.121. The molecule has 1 N–H and O–H groups in total. The second kappa shape index (κ2) is 7.56. The van der Waals surface area contributed by atoms with Crippen LogP contribution in [0.5, 0.6) is 0 Å². The number of amides is 2. The van der Waals surface area contributed by atoms with Crippen LogP contribution < -0.4 is 5.32 Å². The summed E-state index contributed by atoms with van der Waals surface area (Å²) in [6, 6.07) is 14.8. The maximum Gasteiger partial charge on any atom is 0.255 e. The zero-order valence-corrected chi connectivity index (χ0v) is 16.5. The fraction of sp³-hybridized carbons (Fsp3) is 0.300. The number of carbonyl (C=O) groups is 2. The van der Waals surface area contributed by atoms with Crippen LogP contribution in [0.25, 0.3) is 0 Å². The molecule has 3 rings (SSSR count). The van der Waals surface area contributed by atoms with Crippen molar-refractivity contribution in [2.75, 3.05) is 5.32 Å². The van der Waals surface area contributed by atoms with E-state index in [9.17, 15) is 9.59 Å². The van der Waals surface area contributed by atoms with Gasteiger partial charge in [0.1, 0.15) is 6.04 Å². The van der Waals surface area contributed by atoms with Crippen LogP contribution >= 0.6 is 22.6 Å². The number of benzene rings is 2. The number of hydrogen-bond acceptors (Lipinski definition) is 2. The summed E-state index contributed by atoms with van der Waals surface area (Å²) in [7, 11) is 0. The van der Waals surface area contributed by atoms with E-state index in [-0.39, 0.29) is 11.8 Å². The highest BCUT2D eigenvalue weighted by Crippen LogP contribution is 2.27. The van der Waals surface area contributed by atoms with Gasteiger partial charge in [0.05, 0.1) is 0 Å².